The van der Waals surface area contributed by atoms with Crippen LogP contribution in [0, 0.1) is 0 Å². The lowest BCUT2D eigenvalue weighted by Crippen LogP contribution is -1.96. The number of hydrogen-bond donors (Lipinski definition) is 0. The van der Waals surface area contributed by atoms with Crippen LogP contribution in [0.15, 0.2) is 156 Å². The van der Waals surface area contributed by atoms with Gasteiger partial charge in [-0.3, -0.25) is 4.98 Å². The van der Waals surface area contributed by atoms with Gasteiger partial charge in [0, 0.05) is 39.1 Å². The molecule has 0 N–H and O–H groups in total. The van der Waals surface area contributed by atoms with Gasteiger partial charge in [0.25, 0.3) is 0 Å². The number of pyridine rings is 1. The summed E-state index contributed by atoms with van der Waals surface area (Å²) in [6, 6.07) is 51.7. The van der Waals surface area contributed by atoms with Crippen molar-refractivity contribution >= 4 is 65.7 Å². The maximum absolute atomic E-state index is 6.47. The average molecular weight is 576 g/mol. The third-order valence-electron chi connectivity index (χ3n) is 9.15. The van der Waals surface area contributed by atoms with Crippen molar-refractivity contribution < 1.29 is 4.42 Å². The zero-order chi connectivity index (χ0) is 29.5. The third-order valence-corrected chi connectivity index (χ3v) is 9.15. The van der Waals surface area contributed by atoms with E-state index < -0.39 is 0 Å². The molecule has 0 aliphatic heterocycles. The molecule has 4 heterocycles. The van der Waals surface area contributed by atoms with E-state index in [2.05, 4.69) is 137 Å². The van der Waals surface area contributed by atoms with Crippen molar-refractivity contribution in [3.05, 3.63) is 152 Å². The highest BCUT2D eigenvalue weighted by Gasteiger charge is 2.20. The largest absolute Gasteiger partial charge is 0.455 e. The molecule has 45 heavy (non-hydrogen) atoms. The minimum absolute atomic E-state index is 0.881. The molecule has 0 atom stereocenters. The van der Waals surface area contributed by atoms with Crippen molar-refractivity contribution in [1.29, 1.82) is 0 Å². The molecule has 0 saturated carbocycles. The fourth-order valence-electron chi connectivity index (χ4n) is 7.22. The third kappa shape index (κ3) is 3.45. The van der Waals surface area contributed by atoms with Crippen LogP contribution in [0.4, 0.5) is 0 Å². The summed E-state index contributed by atoms with van der Waals surface area (Å²) in [5.74, 6) is 0. The molecule has 0 unspecified atom stereocenters. The molecule has 4 heteroatoms. The predicted molar refractivity (Wildman–Crippen MR) is 186 cm³/mol. The highest BCUT2D eigenvalue weighted by atomic mass is 16.3. The van der Waals surface area contributed by atoms with E-state index in [0.29, 0.717) is 0 Å². The number of furan rings is 1. The molecule has 0 aliphatic carbocycles. The molecule has 0 radical (unpaired) electrons. The van der Waals surface area contributed by atoms with Gasteiger partial charge in [-0.25, -0.2) is 0 Å². The van der Waals surface area contributed by atoms with Crippen molar-refractivity contribution in [3.63, 3.8) is 0 Å². The highest BCUT2D eigenvalue weighted by Crippen LogP contribution is 2.40. The van der Waals surface area contributed by atoms with Crippen LogP contribution in [0.2, 0.25) is 0 Å². The molecule has 0 aliphatic rings. The second-order valence-corrected chi connectivity index (χ2v) is 11.6. The first kappa shape index (κ1) is 24.3. The molecule has 10 rings (SSSR count). The maximum atomic E-state index is 6.47. The van der Waals surface area contributed by atoms with Crippen LogP contribution in [0.3, 0.4) is 0 Å². The maximum Gasteiger partial charge on any atom is 0.147 e. The van der Waals surface area contributed by atoms with E-state index in [9.17, 15) is 0 Å². The molecule has 4 nitrogen and oxygen atoms in total. The van der Waals surface area contributed by atoms with Crippen LogP contribution < -0.4 is 0 Å². The Morgan fingerprint density at radius 1 is 0.444 bits per heavy atom. The van der Waals surface area contributed by atoms with Crippen molar-refractivity contribution in [2.24, 2.45) is 0 Å². The van der Waals surface area contributed by atoms with E-state index >= 15 is 0 Å². The van der Waals surface area contributed by atoms with Crippen LogP contribution in [0.1, 0.15) is 0 Å². The Bertz CT molecular complexity index is 2720. The van der Waals surface area contributed by atoms with Crippen molar-refractivity contribution in [3.8, 4) is 22.5 Å². The second-order valence-electron chi connectivity index (χ2n) is 11.6. The quantitative estimate of drug-likeness (QED) is 0.210. The lowest BCUT2D eigenvalue weighted by Gasteiger charge is -2.12. The minimum atomic E-state index is 0.881. The van der Waals surface area contributed by atoms with Gasteiger partial charge in [0.1, 0.15) is 16.7 Å². The van der Waals surface area contributed by atoms with Gasteiger partial charge in [-0.2, -0.15) is 0 Å². The van der Waals surface area contributed by atoms with Crippen molar-refractivity contribution in [2.75, 3.05) is 0 Å². The number of nitrogens with zero attached hydrogens (tertiary/aromatic N) is 3. The normalized spacial score (nSPS) is 12.0. The monoisotopic (exact) mass is 575 g/mol. The Labute approximate surface area is 258 Å². The van der Waals surface area contributed by atoms with Gasteiger partial charge in [-0.1, -0.05) is 78.9 Å². The van der Waals surface area contributed by atoms with Gasteiger partial charge in [0.05, 0.1) is 27.5 Å². The van der Waals surface area contributed by atoms with Gasteiger partial charge in [-0.15, -0.1) is 0 Å². The van der Waals surface area contributed by atoms with Gasteiger partial charge >= 0.3 is 0 Å². The summed E-state index contributed by atoms with van der Waals surface area (Å²) in [6.45, 7) is 0. The molecule has 10 aromatic rings. The predicted octanol–water partition coefficient (Wildman–Crippen LogP) is 10.8. The van der Waals surface area contributed by atoms with Gasteiger partial charge in [0.15, 0.2) is 0 Å². The lowest BCUT2D eigenvalue weighted by molar-refractivity contribution is 0.673. The fraction of sp³-hybridized carbons (Fsp3) is 0. The molecule has 4 aromatic heterocycles. The summed E-state index contributed by atoms with van der Waals surface area (Å²) in [5.41, 5.74) is 11.8. The molecule has 6 aromatic carbocycles. The van der Waals surface area contributed by atoms with Crippen LogP contribution in [0.5, 0.6) is 0 Å². The average Bonchev–Trinajstić information content (AvgIpc) is 3.76. The van der Waals surface area contributed by atoms with Gasteiger partial charge < -0.3 is 13.6 Å². The second kappa shape index (κ2) is 9.18. The number of aromatic nitrogens is 3. The molecule has 0 amide bonds. The molecular formula is C41H25N3O. The van der Waals surface area contributed by atoms with E-state index in [1.54, 1.807) is 0 Å². The Morgan fingerprint density at radius 2 is 1.04 bits per heavy atom. The number of para-hydroxylation sites is 3. The fourth-order valence-corrected chi connectivity index (χ4v) is 7.22. The summed E-state index contributed by atoms with van der Waals surface area (Å²) in [4.78, 5) is 4.86. The van der Waals surface area contributed by atoms with E-state index in [-0.39, 0.29) is 0 Å². The lowest BCUT2D eigenvalue weighted by atomic mass is 10.0. The topological polar surface area (TPSA) is 35.9 Å². The molecule has 0 bridgehead atoms. The Hall–Kier alpha value is -6.13. The summed E-state index contributed by atoms with van der Waals surface area (Å²) in [5, 5.41) is 5.80. The number of hydrogen-bond acceptors (Lipinski definition) is 2. The van der Waals surface area contributed by atoms with Gasteiger partial charge in [0.2, 0.25) is 0 Å². The van der Waals surface area contributed by atoms with Gasteiger partial charge in [-0.05, 0) is 77.9 Å². The Morgan fingerprint density at radius 3 is 1.76 bits per heavy atom. The van der Waals surface area contributed by atoms with Crippen LogP contribution in [0.25, 0.3) is 88.2 Å². The zero-order valence-electron chi connectivity index (χ0n) is 24.2. The summed E-state index contributed by atoms with van der Waals surface area (Å²) in [7, 11) is 0. The molecule has 0 fully saturated rings. The zero-order valence-corrected chi connectivity index (χ0v) is 24.2. The number of benzene rings is 6. The smallest absolute Gasteiger partial charge is 0.147 e. The molecule has 0 saturated heterocycles. The summed E-state index contributed by atoms with van der Waals surface area (Å²) >= 11 is 0. The van der Waals surface area contributed by atoms with Crippen molar-refractivity contribution in [2.45, 2.75) is 0 Å². The summed E-state index contributed by atoms with van der Waals surface area (Å²) < 4.78 is 11.2. The minimum Gasteiger partial charge on any atom is -0.455 e. The van der Waals surface area contributed by atoms with E-state index in [4.69, 9.17) is 9.40 Å². The molecule has 0 spiro atoms. The van der Waals surface area contributed by atoms with Crippen LogP contribution in [-0.2, 0) is 0 Å². The summed E-state index contributed by atoms with van der Waals surface area (Å²) in [6.07, 6.45) is 1.87. The number of rotatable bonds is 3. The molecular weight excluding hydrogens is 550 g/mol. The van der Waals surface area contributed by atoms with Crippen LogP contribution in [-0.4, -0.2) is 14.1 Å². The highest BCUT2D eigenvalue weighted by molar-refractivity contribution is 6.22. The SMILES string of the molecule is c1cc(-c2cccc(-n3c4cccnc4c4c5oc6ccccc6c5ccc43)c2)cc(-n2c3ccccc3c3ccccc32)c1. The van der Waals surface area contributed by atoms with E-state index in [1.165, 1.54) is 21.8 Å². The van der Waals surface area contributed by atoms with E-state index in [0.717, 1.165) is 66.4 Å². The first-order chi connectivity index (χ1) is 22.3. The Kier molecular flexibility index (Phi) is 4.96. The first-order valence-electron chi connectivity index (χ1n) is 15.2. The standard InChI is InChI=1S/C41H25N3O/c1-4-17-34-30(14-1)31-15-2-5-18-35(31)43(34)28-12-7-10-26(24-28)27-11-8-13-29(25-27)44-36-22-21-33-32-16-3-6-20-38(32)45-41(33)39(36)40-37(44)19-9-23-42-40/h1-25H. The van der Waals surface area contributed by atoms with E-state index in [1.807, 2.05) is 24.4 Å². The molecule has 210 valence electrons. The number of fused-ring (bicyclic) bond motifs is 10. The Balaban J connectivity index is 1.18. The van der Waals surface area contributed by atoms with Crippen molar-refractivity contribution in [1.82, 2.24) is 14.1 Å². The first-order valence-corrected chi connectivity index (χ1v) is 15.2. The van der Waals surface area contributed by atoms with Crippen LogP contribution >= 0.6 is 0 Å².